The highest BCUT2D eigenvalue weighted by atomic mass is 32.2. The molecule has 1 unspecified atom stereocenters. The summed E-state index contributed by atoms with van der Waals surface area (Å²) in [6.45, 7) is 0.653. The Kier molecular flexibility index (Phi) is 6.05. The first-order valence-electron chi connectivity index (χ1n) is 8.16. The number of hydrogen-bond donors (Lipinski definition) is 2. The highest BCUT2D eigenvalue weighted by Gasteiger charge is 2.10. The van der Waals surface area contributed by atoms with Crippen molar-refractivity contribution in [3.8, 4) is 11.5 Å². The highest BCUT2D eigenvalue weighted by molar-refractivity contribution is 7.80. The minimum Gasteiger partial charge on any atom is -0.755 e. The Morgan fingerprint density at radius 2 is 1.78 bits per heavy atom. The normalized spacial score (nSPS) is 11.8. The van der Waals surface area contributed by atoms with Gasteiger partial charge in [-0.3, -0.25) is 4.21 Å². The first kappa shape index (κ1) is 18.9. The molecule has 142 valence electrons. The van der Waals surface area contributed by atoms with Crippen LogP contribution < -0.4 is 19.5 Å². The largest absolute Gasteiger partial charge is 0.755 e. The van der Waals surface area contributed by atoms with Gasteiger partial charge in [-0.2, -0.15) is 0 Å². The molecule has 9 heteroatoms. The van der Waals surface area contributed by atoms with Gasteiger partial charge in [0, 0.05) is 35.0 Å². The summed E-state index contributed by atoms with van der Waals surface area (Å²) in [6.07, 6.45) is 2.25. The smallest absolute Gasteiger partial charge is 0.162 e. The van der Waals surface area contributed by atoms with Gasteiger partial charge in [0.15, 0.2) is 11.5 Å². The maximum absolute atomic E-state index is 10.6. The van der Waals surface area contributed by atoms with Crippen LogP contribution >= 0.6 is 0 Å². The minimum absolute atomic E-state index is 0.530. The summed E-state index contributed by atoms with van der Waals surface area (Å²) in [5.41, 5.74) is 2.36. The Labute approximate surface area is 159 Å². The number of rotatable bonds is 8. The summed E-state index contributed by atoms with van der Waals surface area (Å²) in [6, 6.07) is 10.9. The molecule has 0 fully saturated rings. The number of nitrogens with one attached hydrogen (secondary N) is 2. The molecule has 27 heavy (non-hydrogen) atoms. The number of hydrogen-bond acceptors (Lipinski definition) is 7. The van der Waals surface area contributed by atoms with Gasteiger partial charge in [0.05, 0.1) is 19.7 Å². The third-order valence-electron chi connectivity index (χ3n) is 4.00. The fourth-order valence-corrected chi connectivity index (χ4v) is 3.01. The average molecular weight is 387 g/mol. The van der Waals surface area contributed by atoms with Crippen LogP contribution in [0.4, 0.5) is 11.5 Å². The highest BCUT2D eigenvalue weighted by Crippen LogP contribution is 2.33. The Hall–Kier alpha value is -2.91. The lowest BCUT2D eigenvalue weighted by atomic mass is 10.1. The summed E-state index contributed by atoms with van der Waals surface area (Å²) in [4.78, 5) is 8.60. The number of nitrogens with zero attached hydrogens (tertiary/aromatic N) is 2. The molecule has 0 spiro atoms. The molecule has 8 nitrogen and oxygen atoms in total. The van der Waals surface area contributed by atoms with E-state index in [9.17, 15) is 8.76 Å². The number of ether oxygens (including phenoxy) is 2. The summed E-state index contributed by atoms with van der Waals surface area (Å²) in [7, 11) is 3.17. The van der Waals surface area contributed by atoms with Gasteiger partial charge < -0.3 is 24.1 Å². The Morgan fingerprint density at radius 1 is 1.07 bits per heavy atom. The second kappa shape index (κ2) is 8.65. The molecule has 1 atom stereocenters. The number of benzene rings is 2. The van der Waals surface area contributed by atoms with Crippen molar-refractivity contribution >= 4 is 33.7 Å². The van der Waals surface area contributed by atoms with Crippen LogP contribution in [0.25, 0.3) is 10.9 Å². The van der Waals surface area contributed by atoms with Crippen LogP contribution in [-0.4, -0.2) is 39.5 Å². The minimum atomic E-state index is -2.32. The van der Waals surface area contributed by atoms with Crippen molar-refractivity contribution in [2.75, 3.05) is 30.8 Å². The second-order valence-electron chi connectivity index (χ2n) is 5.66. The molecule has 0 aliphatic carbocycles. The lowest BCUT2D eigenvalue weighted by Crippen LogP contribution is -2.07. The molecule has 0 aliphatic rings. The topological polar surface area (TPSA) is 108 Å². The van der Waals surface area contributed by atoms with E-state index in [4.69, 9.17) is 9.47 Å². The molecule has 2 aromatic carbocycles. The second-order valence-corrected chi connectivity index (χ2v) is 6.33. The molecule has 0 amide bonds. The number of anilines is 2. The van der Waals surface area contributed by atoms with Crippen molar-refractivity contribution in [3.63, 3.8) is 0 Å². The van der Waals surface area contributed by atoms with E-state index >= 15 is 0 Å². The van der Waals surface area contributed by atoms with E-state index in [0.717, 1.165) is 22.9 Å². The van der Waals surface area contributed by atoms with Crippen LogP contribution in [0.1, 0.15) is 5.56 Å². The zero-order valence-corrected chi connectivity index (χ0v) is 15.7. The van der Waals surface area contributed by atoms with Crippen LogP contribution in [0, 0.1) is 0 Å². The molecule has 0 saturated carbocycles. The van der Waals surface area contributed by atoms with E-state index in [1.54, 1.807) is 26.4 Å². The summed E-state index contributed by atoms with van der Waals surface area (Å²) in [5.74, 6) is 1.94. The van der Waals surface area contributed by atoms with Gasteiger partial charge in [0.1, 0.15) is 12.1 Å². The van der Waals surface area contributed by atoms with Gasteiger partial charge in [-0.05, 0) is 30.2 Å². The van der Waals surface area contributed by atoms with E-state index in [-0.39, 0.29) is 0 Å². The van der Waals surface area contributed by atoms with Crippen molar-refractivity contribution in [2.24, 2.45) is 0 Å². The molecule has 0 saturated heterocycles. The number of aromatic nitrogens is 2. The Bertz CT molecular complexity index is 950. The maximum atomic E-state index is 10.6. The van der Waals surface area contributed by atoms with Crippen LogP contribution in [0.5, 0.6) is 11.5 Å². The third kappa shape index (κ3) is 4.63. The van der Waals surface area contributed by atoms with Crippen molar-refractivity contribution < 1.29 is 18.2 Å². The molecule has 1 aromatic heterocycles. The van der Waals surface area contributed by atoms with E-state index < -0.39 is 11.3 Å². The molecular formula is C18H19N4O4S-. The zero-order chi connectivity index (χ0) is 19.2. The van der Waals surface area contributed by atoms with Crippen LogP contribution in [0.2, 0.25) is 0 Å². The van der Waals surface area contributed by atoms with Crippen molar-refractivity contribution in [1.82, 2.24) is 9.97 Å². The van der Waals surface area contributed by atoms with Crippen LogP contribution in [0.3, 0.4) is 0 Å². The summed E-state index contributed by atoms with van der Waals surface area (Å²) >= 11 is -2.32. The predicted molar refractivity (Wildman–Crippen MR) is 104 cm³/mol. The Balaban J connectivity index is 1.70. The quantitative estimate of drug-likeness (QED) is 0.572. The summed E-state index contributed by atoms with van der Waals surface area (Å²) in [5, 5.41) is 4.15. The van der Waals surface area contributed by atoms with Gasteiger partial charge in [0.2, 0.25) is 0 Å². The molecule has 2 N–H and O–H groups in total. The number of fused-ring (bicyclic) bond motifs is 1. The van der Waals surface area contributed by atoms with Crippen LogP contribution in [0.15, 0.2) is 42.7 Å². The maximum Gasteiger partial charge on any atom is 0.162 e. The van der Waals surface area contributed by atoms with Crippen LogP contribution in [-0.2, 0) is 17.7 Å². The monoisotopic (exact) mass is 387 g/mol. The van der Waals surface area contributed by atoms with Crippen molar-refractivity contribution in [3.05, 3.63) is 48.3 Å². The average Bonchev–Trinajstić information content (AvgIpc) is 2.68. The first-order valence-corrected chi connectivity index (χ1v) is 9.23. The molecule has 0 aliphatic heterocycles. The van der Waals surface area contributed by atoms with Gasteiger partial charge in [0.25, 0.3) is 0 Å². The SMILES string of the molecule is COc1cc2ncnc(NCCc3ccc(NS(=O)[O-])cc3)c2cc1OC. The molecular weight excluding hydrogens is 368 g/mol. The molecule has 3 rings (SSSR count). The molecule has 3 aromatic rings. The van der Waals surface area contributed by atoms with Gasteiger partial charge in [-0.1, -0.05) is 12.1 Å². The first-order chi connectivity index (χ1) is 13.1. The van der Waals surface area contributed by atoms with Crippen molar-refractivity contribution in [2.45, 2.75) is 6.42 Å². The fraction of sp³-hybridized carbons (Fsp3) is 0.222. The van der Waals surface area contributed by atoms with E-state index in [0.29, 0.717) is 29.5 Å². The number of methoxy groups -OCH3 is 2. The molecule has 1 heterocycles. The Morgan fingerprint density at radius 3 is 2.44 bits per heavy atom. The van der Waals surface area contributed by atoms with E-state index in [2.05, 4.69) is 20.0 Å². The summed E-state index contributed by atoms with van der Waals surface area (Å²) < 4.78 is 34.2. The van der Waals surface area contributed by atoms with Gasteiger partial charge >= 0.3 is 0 Å². The van der Waals surface area contributed by atoms with Gasteiger partial charge in [-0.15, -0.1) is 0 Å². The fourth-order valence-electron chi connectivity index (χ4n) is 2.68. The zero-order valence-electron chi connectivity index (χ0n) is 14.9. The van der Waals surface area contributed by atoms with Crippen molar-refractivity contribution in [1.29, 1.82) is 0 Å². The standard InChI is InChI=1S/C18H20N4O4S/c1-25-16-9-14-15(10-17(16)26-2)20-11-21-18(14)19-8-7-12-3-5-13(6-4-12)22-27(23)24/h3-6,9-11,22H,7-8H2,1-2H3,(H,23,24)(H,19,20,21)/p-1. The van der Waals surface area contributed by atoms with Gasteiger partial charge in [-0.25, -0.2) is 9.97 Å². The lowest BCUT2D eigenvalue weighted by molar-refractivity contribution is 0.356. The van der Waals surface area contributed by atoms with E-state index in [1.165, 1.54) is 6.33 Å². The van der Waals surface area contributed by atoms with E-state index in [1.807, 2.05) is 24.3 Å². The lowest BCUT2D eigenvalue weighted by Gasteiger charge is -2.12. The molecule has 0 bridgehead atoms. The predicted octanol–water partition coefficient (Wildman–Crippen LogP) is 2.51. The third-order valence-corrected chi connectivity index (χ3v) is 4.40. The molecule has 0 radical (unpaired) electrons.